The maximum atomic E-state index is 5.76. The van der Waals surface area contributed by atoms with Crippen molar-refractivity contribution in [1.29, 1.82) is 0 Å². The first-order valence-corrected chi connectivity index (χ1v) is 13.2. The fourth-order valence-electron chi connectivity index (χ4n) is 7.74. The summed E-state index contributed by atoms with van der Waals surface area (Å²) >= 11 is 0. The molecule has 6 aliphatic rings. The Morgan fingerprint density at radius 3 is 2.35 bits per heavy atom. The van der Waals surface area contributed by atoms with Crippen LogP contribution in [0.3, 0.4) is 0 Å². The molecule has 143 valence electrons. The Balaban J connectivity index is 0.000000810. The second kappa shape index (κ2) is 8.76. The molecule has 1 radical (unpaired) electrons. The molecule has 5 heteroatoms. The number of hydrogen-bond acceptors (Lipinski definition) is 0. The van der Waals surface area contributed by atoms with E-state index in [0.717, 1.165) is 29.2 Å². The van der Waals surface area contributed by atoms with Crippen LogP contribution in [0.25, 0.3) is 5.32 Å². The first kappa shape index (κ1) is 23.2. The predicted octanol–water partition coefficient (Wildman–Crippen LogP) is -0.534. The Morgan fingerprint density at radius 1 is 1.04 bits per heavy atom. The van der Waals surface area contributed by atoms with E-state index in [1.807, 2.05) is 0 Å². The second-order valence-corrected chi connectivity index (χ2v) is 13.0. The number of fused-ring (bicyclic) bond motifs is 1. The summed E-state index contributed by atoms with van der Waals surface area (Å²) in [7, 11) is -0.623. The van der Waals surface area contributed by atoms with E-state index >= 15 is 0 Å². The van der Waals surface area contributed by atoms with Crippen molar-refractivity contribution in [1.82, 2.24) is 0 Å². The van der Waals surface area contributed by atoms with Crippen LogP contribution in [0.4, 0.5) is 0 Å². The molecule has 6 rings (SSSR count). The fourth-order valence-corrected chi connectivity index (χ4v) is 10.7. The van der Waals surface area contributed by atoms with Crippen LogP contribution in [-0.4, -0.2) is 20.4 Å². The molecule has 5 unspecified atom stereocenters. The van der Waals surface area contributed by atoms with Gasteiger partial charge in [-0.3, -0.25) is 0 Å². The van der Waals surface area contributed by atoms with E-state index in [0.29, 0.717) is 11.6 Å². The minimum atomic E-state index is -0.623. The van der Waals surface area contributed by atoms with Crippen molar-refractivity contribution in [2.45, 2.75) is 81.6 Å². The molecule has 5 saturated carbocycles. The van der Waals surface area contributed by atoms with E-state index < -0.39 is 8.80 Å². The van der Waals surface area contributed by atoms with Gasteiger partial charge in [0.15, 0.2) is 0 Å². The second-order valence-electron chi connectivity index (χ2n) is 9.81. The van der Waals surface area contributed by atoms with Crippen molar-refractivity contribution in [2.24, 2.45) is 23.7 Å². The van der Waals surface area contributed by atoms with Crippen LogP contribution in [0.15, 0.2) is 23.8 Å². The van der Waals surface area contributed by atoms with Crippen LogP contribution in [-0.2, 0) is 21.7 Å². The average Bonchev–Trinajstić information content (AvgIpc) is 2.86. The van der Waals surface area contributed by atoms with Gasteiger partial charge < -0.3 is 30.1 Å². The summed E-state index contributed by atoms with van der Waals surface area (Å²) in [6.07, 6.45) is 18.6. The Bertz CT molecular complexity index is 550. The summed E-state index contributed by atoms with van der Waals surface area (Å²) in [5.41, 5.74) is 3.16. The van der Waals surface area contributed by atoms with Crippen molar-refractivity contribution < 1.29 is 46.5 Å². The van der Waals surface area contributed by atoms with Gasteiger partial charge in [0.1, 0.15) is 0 Å². The van der Waals surface area contributed by atoms with Crippen LogP contribution < -0.4 is 24.8 Å². The van der Waals surface area contributed by atoms with Crippen LogP contribution in [0, 0.1) is 23.7 Å². The van der Waals surface area contributed by atoms with Crippen LogP contribution in [0.2, 0.25) is 18.6 Å². The van der Waals surface area contributed by atoms with E-state index in [9.17, 15) is 0 Å². The standard InChI is InChI=1S/C21H32NSi.2ClH.Ti/c1-23(2)20-18-8-14-7-15(9-18)13-21(20,12-14)22-19-10-16-5-3-4-6-17(16)11-19;;;/h3-5,14-15,17-20,23H,6-13H2,1-2H3;2*1H;/q-1;;;+3/p-2. The van der Waals surface area contributed by atoms with Gasteiger partial charge in [0.25, 0.3) is 0 Å². The smallest absolute Gasteiger partial charge is 1.00 e. The molecule has 5 fully saturated rings. The molecule has 4 bridgehead atoms. The zero-order chi connectivity index (χ0) is 15.6. The van der Waals surface area contributed by atoms with Crippen molar-refractivity contribution in [3.8, 4) is 0 Å². The van der Waals surface area contributed by atoms with Gasteiger partial charge in [-0.2, -0.15) is 0 Å². The van der Waals surface area contributed by atoms with E-state index in [4.69, 9.17) is 5.32 Å². The molecule has 0 aromatic heterocycles. The van der Waals surface area contributed by atoms with E-state index in [1.54, 1.807) is 24.8 Å². The molecule has 1 nitrogen and oxygen atoms in total. The van der Waals surface area contributed by atoms with Gasteiger partial charge in [0.05, 0.1) is 0 Å². The number of halogens is 2. The molecule has 0 aromatic rings. The third-order valence-corrected chi connectivity index (χ3v) is 10.5. The zero-order valence-corrected chi connectivity index (χ0v) is 20.4. The van der Waals surface area contributed by atoms with Gasteiger partial charge in [0.2, 0.25) is 0 Å². The van der Waals surface area contributed by atoms with E-state index in [-0.39, 0.29) is 46.5 Å². The topological polar surface area (TPSA) is 14.1 Å². The third-order valence-electron chi connectivity index (χ3n) is 7.93. The molecule has 0 N–H and O–H groups in total. The average molecular weight is 445 g/mol. The molecule has 0 spiro atoms. The fraction of sp³-hybridized carbons (Fsp3) is 0.810. The first-order chi connectivity index (χ1) is 11.1. The molecule has 26 heavy (non-hydrogen) atoms. The predicted molar refractivity (Wildman–Crippen MR) is 101 cm³/mol. The first-order valence-electron chi connectivity index (χ1n) is 10.2. The molecule has 6 aliphatic carbocycles. The molecule has 0 aromatic carbocycles. The Hall–Kier alpha value is 0.951. The summed E-state index contributed by atoms with van der Waals surface area (Å²) in [6, 6.07) is 0.651. The minimum Gasteiger partial charge on any atom is -1.00 e. The van der Waals surface area contributed by atoms with E-state index in [1.165, 1.54) is 32.1 Å². The SMILES string of the molecule is C[SiH](C)C1C2CC3CC(C2)CC1([N-]C1CC2=CC=CCC2C1)C3.[Cl-].[Cl-].[Ti+3]. The van der Waals surface area contributed by atoms with Crippen molar-refractivity contribution in [2.75, 3.05) is 0 Å². The van der Waals surface area contributed by atoms with E-state index in [2.05, 4.69) is 31.3 Å². The summed E-state index contributed by atoms with van der Waals surface area (Å²) in [5.74, 6) is 3.95. The Morgan fingerprint density at radius 2 is 1.73 bits per heavy atom. The normalized spacial score (nSPS) is 44.7. The largest absolute Gasteiger partial charge is 3.00 e. The summed E-state index contributed by atoms with van der Waals surface area (Å²) < 4.78 is 0. The molecule has 5 atom stereocenters. The molecular formula is C21H32Cl2NSiTi. The zero-order valence-electron chi connectivity index (χ0n) is 16.1. The maximum Gasteiger partial charge on any atom is 3.00 e. The number of nitrogens with zero attached hydrogens (tertiary/aromatic N) is 1. The number of hydrogen-bond donors (Lipinski definition) is 0. The van der Waals surface area contributed by atoms with Gasteiger partial charge in [-0.05, 0) is 55.8 Å². The maximum absolute atomic E-state index is 5.76. The summed E-state index contributed by atoms with van der Waals surface area (Å²) in [4.78, 5) is 0. The van der Waals surface area contributed by atoms with Gasteiger partial charge in [0, 0.05) is 8.80 Å². The minimum absolute atomic E-state index is 0. The van der Waals surface area contributed by atoms with Crippen molar-refractivity contribution in [3.63, 3.8) is 0 Å². The van der Waals surface area contributed by atoms with Crippen LogP contribution >= 0.6 is 0 Å². The van der Waals surface area contributed by atoms with Crippen LogP contribution in [0.1, 0.15) is 51.4 Å². The number of rotatable bonds is 3. The number of allylic oxidation sites excluding steroid dienone is 3. The molecule has 0 saturated heterocycles. The molecule has 0 amide bonds. The van der Waals surface area contributed by atoms with Gasteiger partial charge >= 0.3 is 21.7 Å². The monoisotopic (exact) mass is 444 g/mol. The third kappa shape index (κ3) is 3.85. The summed E-state index contributed by atoms with van der Waals surface area (Å²) in [6.45, 7) is 5.23. The molecule has 0 aliphatic heterocycles. The van der Waals surface area contributed by atoms with Gasteiger partial charge in [-0.15, -0.1) is 11.6 Å². The molecule has 0 heterocycles. The van der Waals surface area contributed by atoms with Gasteiger partial charge in [-0.25, -0.2) is 0 Å². The summed E-state index contributed by atoms with van der Waals surface area (Å²) in [5, 5.41) is 5.76. The molecular weight excluding hydrogens is 413 g/mol. The van der Waals surface area contributed by atoms with Crippen LogP contribution in [0.5, 0.6) is 0 Å². The van der Waals surface area contributed by atoms with Gasteiger partial charge in [-0.1, -0.05) is 61.7 Å². The quantitative estimate of drug-likeness (QED) is 0.519. The Labute approximate surface area is 188 Å². The van der Waals surface area contributed by atoms with Crippen molar-refractivity contribution in [3.05, 3.63) is 29.1 Å². The Kier molecular flexibility index (Phi) is 7.83. The van der Waals surface area contributed by atoms with Crippen molar-refractivity contribution >= 4 is 8.80 Å².